The molecule has 116 valence electrons. The van der Waals surface area contributed by atoms with E-state index in [4.69, 9.17) is 4.74 Å². The van der Waals surface area contributed by atoms with Gasteiger partial charge >= 0.3 is 0 Å². The van der Waals surface area contributed by atoms with Crippen molar-refractivity contribution in [2.45, 2.75) is 20.1 Å². The summed E-state index contributed by atoms with van der Waals surface area (Å²) < 4.78 is 7.43. The molecule has 1 aliphatic heterocycles. The van der Waals surface area contributed by atoms with Gasteiger partial charge in [-0.15, -0.1) is 0 Å². The number of amides is 1. The number of rotatable bonds is 3. The predicted molar refractivity (Wildman–Crippen MR) is 87.7 cm³/mol. The fraction of sp³-hybridized carbons (Fsp3) is 0.188. The molecule has 1 aliphatic rings. The molecule has 0 aliphatic carbocycles. The zero-order valence-corrected chi connectivity index (χ0v) is 13.3. The number of anilines is 1. The van der Waals surface area contributed by atoms with Crippen molar-refractivity contribution in [1.82, 2.24) is 14.8 Å². The Bertz CT molecular complexity index is 884. The average molecular weight is 326 g/mol. The minimum Gasteiger partial charge on any atom is -0.487 e. The Morgan fingerprint density at radius 2 is 2.26 bits per heavy atom. The molecule has 3 aromatic rings. The lowest BCUT2D eigenvalue weighted by atomic mass is 10.1. The molecular weight excluding hydrogens is 312 g/mol. The maximum Gasteiger partial charge on any atom is 0.277 e. The molecule has 0 saturated carbocycles. The first-order chi connectivity index (χ1) is 11.2. The quantitative estimate of drug-likeness (QED) is 0.802. The van der Waals surface area contributed by atoms with E-state index in [-0.39, 0.29) is 5.91 Å². The van der Waals surface area contributed by atoms with E-state index in [0.29, 0.717) is 17.4 Å². The molecule has 3 heterocycles. The smallest absolute Gasteiger partial charge is 0.277 e. The molecule has 2 aromatic heterocycles. The lowest BCUT2D eigenvalue weighted by Crippen LogP contribution is -2.13. The molecular formula is C16H14N4O2S. The third-order valence-electron chi connectivity index (χ3n) is 3.62. The van der Waals surface area contributed by atoms with E-state index in [2.05, 4.69) is 15.4 Å². The number of carbonyl (C=O) groups is 1. The Kier molecular flexibility index (Phi) is 3.34. The van der Waals surface area contributed by atoms with Crippen LogP contribution in [0.4, 0.5) is 5.13 Å². The number of thiazole rings is 1. The summed E-state index contributed by atoms with van der Waals surface area (Å²) in [5.74, 6) is 0.572. The Morgan fingerprint density at radius 1 is 1.39 bits per heavy atom. The molecule has 0 spiro atoms. The highest BCUT2D eigenvalue weighted by Gasteiger charge is 2.22. The maximum absolute atomic E-state index is 12.3. The summed E-state index contributed by atoms with van der Waals surface area (Å²) in [5, 5.41) is 7.58. The van der Waals surface area contributed by atoms with Crippen LogP contribution >= 0.6 is 11.3 Å². The van der Waals surface area contributed by atoms with Crippen LogP contribution in [0.25, 0.3) is 11.3 Å². The Balaban J connectivity index is 1.60. The summed E-state index contributed by atoms with van der Waals surface area (Å²) >= 11 is 1.43. The summed E-state index contributed by atoms with van der Waals surface area (Å²) in [7, 11) is 0. The van der Waals surface area contributed by atoms with Crippen LogP contribution in [0.5, 0.6) is 5.75 Å². The Morgan fingerprint density at radius 3 is 3.09 bits per heavy atom. The average Bonchev–Trinajstić information content (AvgIpc) is 3.21. The molecule has 23 heavy (non-hydrogen) atoms. The van der Waals surface area contributed by atoms with Gasteiger partial charge in [-0.3, -0.25) is 14.8 Å². The number of fused-ring (bicyclic) bond motifs is 3. The first-order valence-corrected chi connectivity index (χ1v) is 8.13. The van der Waals surface area contributed by atoms with Gasteiger partial charge in [0.2, 0.25) is 0 Å². The second kappa shape index (κ2) is 5.51. The van der Waals surface area contributed by atoms with E-state index in [1.807, 2.05) is 31.2 Å². The summed E-state index contributed by atoms with van der Waals surface area (Å²) in [6.07, 6.45) is 1.78. The van der Waals surface area contributed by atoms with Gasteiger partial charge in [0.15, 0.2) is 10.8 Å². The van der Waals surface area contributed by atoms with Gasteiger partial charge in [-0.2, -0.15) is 5.10 Å². The van der Waals surface area contributed by atoms with Gasteiger partial charge < -0.3 is 4.74 Å². The standard InChI is InChI=1S/C16H14N4O2S/c1-2-20-8-7-11(19-20)15(21)18-16-17-14-10-5-3-4-6-12(10)22-9-13(14)23-16/h3-8H,2,9H2,1H3,(H,17,18,21). The van der Waals surface area contributed by atoms with Gasteiger partial charge in [-0.25, -0.2) is 4.98 Å². The van der Waals surface area contributed by atoms with Gasteiger partial charge in [-0.1, -0.05) is 23.5 Å². The lowest BCUT2D eigenvalue weighted by Gasteiger charge is -2.15. The number of ether oxygens (including phenoxy) is 1. The molecule has 0 bridgehead atoms. The van der Waals surface area contributed by atoms with Crippen LogP contribution in [0, 0.1) is 0 Å². The van der Waals surface area contributed by atoms with Gasteiger partial charge in [0.05, 0.1) is 10.6 Å². The Hall–Kier alpha value is -2.67. The van der Waals surface area contributed by atoms with Crippen LogP contribution in [-0.4, -0.2) is 20.7 Å². The third-order valence-corrected chi connectivity index (χ3v) is 4.56. The highest BCUT2D eigenvalue weighted by atomic mass is 32.1. The summed E-state index contributed by atoms with van der Waals surface area (Å²) in [6.45, 7) is 3.18. The fourth-order valence-electron chi connectivity index (χ4n) is 2.46. The fourth-order valence-corrected chi connectivity index (χ4v) is 3.35. The first kappa shape index (κ1) is 14.0. The van der Waals surface area contributed by atoms with E-state index in [1.54, 1.807) is 16.9 Å². The van der Waals surface area contributed by atoms with Crippen LogP contribution in [0.2, 0.25) is 0 Å². The van der Waals surface area contributed by atoms with Gasteiger partial charge in [0.25, 0.3) is 5.91 Å². The largest absolute Gasteiger partial charge is 0.487 e. The number of hydrogen-bond donors (Lipinski definition) is 1. The van der Waals surface area contributed by atoms with Crippen LogP contribution in [0.3, 0.4) is 0 Å². The zero-order valence-electron chi connectivity index (χ0n) is 12.4. The molecule has 0 unspecified atom stereocenters. The highest BCUT2D eigenvalue weighted by Crippen LogP contribution is 2.40. The lowest BCUT2D eigenvalue weighted by molar-refractivity contribution is 0.102. The van der Waals surface area contributed by atoms with Crippen LogP contribution < -0.4 is 10.1 Å². The van der Waals surface area contributed by atoms with Crippen molar-refractivity contribution in [3.05, 3.63) is 47.1 Å². The number of carbonyl (C=O) groups excluding carboxylic acids is 1. The van der Waals surface area contributed by atoms with Crippen molar-refractivity contribution in [3.8, 4) is 17.0 Å². The van der Waals surface area contributed by atoms with Crippen molar-refractivity contribution in [1.29, 1.82) is 0 Å². The highest BCUT2D eigenvalue weighted by molar-refractivity contribution is 7.16. The summed E-state index contributed by atoms with van der Waals surface area (Å²) in [5.41, 5.74) is 2.23. The minimum atomic E-state index is -0.252. The van der Waals surface area contributed by atoms with Gasteiger partial charge in [0, 0.05) is 18.3 Å². The normalized spacial score (nSPS) is 12.2. The number of nitrogens with zero attached hydrogens (tertiary/aromatic N) is 3. The molecule has 6 nitrogen and oxygen atoms in total. The number of para-hydroxylation sites is 1. The van der Waals surface area contributed by atoms with Crippen LogP contribution in [0.15, 0.2) is 36.5 Å². The minimum absolute atomic E-state index is 0.252. The second-order valence-corrected chi connectivity index (χ2v) is 6.17. The zero-order chi connectivity index (χ0) is 15.8. The predicted octanol–water partition coefficient (Wildman–Crippen LogP) is 3.17. The number of nitrogens with one attached hydrogen (secondary N) is 1. The van der Waals surface area contributed by atoms with Gasteiger partial charge in [-0.05, 0) is 25.1 Å². The number of hydrogen-bond acceptors (Lipinski definition) is 5. The molecule has 0 radical (unpaired) electrons. The summed E-state index contributed by atoms with van der Waals surface area (Å²) in [6, 6.07) is 9.48. The Labute approximate surface area is 136 Å². The van der Waals surface area contributed by atoms with E-state index in [9.17, 15) is 4.79 Å². The topological polar surface area (TPSA) is 69.0 Å². The second-order valence-electron chi connectivity index (χ2n) is 5.09. The molecule has 0 saturated heterocycles. The van der Waals surface area contributed by atoms with Crippen molar-refractivity contribution in [2.24, 2.45) is 0 Å². The third kappa shape index (κ3) is 2.49. The van der Waals surface area contributed by atoms with E-state index in [0.717, 1.165) is 28.4 Å². The van der Waals surface area contributed by atoms with E-state index >= 15 is 0 Å². The molecule has 0 atom stereocenters. The van der Waals surface area contributed by atoms with Crippen molar-refractivity contribution < 1.29 is 9.53 Å². The molecule has 1 aromatic carbocycles. The first-order valence-electron chi connectivity index (χ1n) is 7.31. The molecule has 1 amide bonds. The van der Waals surface area contributed by atoms with Crippen molar-refractivity contribution in [3.63, 3.8) is 0 Å². The SMILES string of the molecule is CCn1ccc(C(=O)Nc2nc3c(s2)COc2ccccc2-3)n1. The molecule has 4 rings (SSSR count). The van der Waals surface area contributed by atoms with Crippen LogP contribution in [0.1, 0.15) is 22.3 Å². The molecule has 0 fully saturated rings. The number of benzene rings is 1. The number of aromatic nitrogens is 3. The summed E-state index contributed by atoms with van der Waals surface area (Å²) in [4.78, 5) is 17.8. The molecule has 7 heteroatoms. The van der Waals surface area contributed by atoms with Crippen molar-refractivity contribution >= 4 is 22.4 Å². The van der Waals surface area contributed by atoms with E-state index < -0.39 is 0 Å². The monoisotopic (exact) mass is 326 g/mol. The van der Waals surface area contributed by atoms with Gasteiger partial charge in [0.1, 0.15) is 12.4 Å². The number of aryl methyl sites for hydroxylation is 1. The maximum atomic E-state index is 12.3. The van der Waals surface area contributed by atoms with E-state index in [1.165, 1.54) is 11.3 Å². The van der Waals surface area contributed by atoms with Crippen LogP contribution in [-0.2, 0) is 13.2 Å². The van der Waals surface area contributed by atoms with Crippen molar-refractivity contribution in [2.75, 3.05) is 5.32 Å². The molecule has 1 N–H and O–H groups in total.